The molecule has 0 saturated carbocycles. The number of hydrogen-bond donors (Lipinski definition) is 1. The first kappa shape index (κ1) is 14.3. The Kier molecular flexibility index (Phi) is 3.76. The molecular formula is C21H22N2. The van der Waals surface area contributed by atoms with Gasteiger partial charge in [0.25, 0.3) is 0 Å². The van der Waals surface area contributed by atoms with Crippen LogP contribution in [0.4, 0.5) is 0 Å². The van der Waals surface area contributed by atoms with Crippen LogP contribution >= 0.6 is 0 Å². The molecule has 2 heteroatoms. The summed E-state index contributed by atoms with van der Waals surface area (Å²) in [5.41, 5.74) is 4.06. The standard InChI is InChI=1S/C21H22N2/c1-23-14-19-13-22-12-18-11-17(9-10-20(18)21(19)15-23)8-7-16-5-3-2-4-6-16/h2-12,19,22H,13-15H2,1H3. The lowest BCUT2D eigenvalue weighted by molar-refractivity contribution is 0.394. The van der Waals surface area contributed by atoms with Crippen LogP contribution in [0, 0.1) is 5.92 Å². The van der Waals surface area contributed by atoms with E-state index in [0.29, 0.717) is 5.92 Å². The average molecular weight is 302 g/mol. The van der Waals surface area contributed by atoms with E-state index in [9.17, 15) is 0 Å². The summed E-state index contributed by atoms with van der Waals surface area (Å²) in [6.45, 7) is 3.29. The average Bonchev–Trinajstić information content (AvgIpc) is 2.86. The van der Waals surface area contributed by atoms with Crippen molar-refractivity contribution >= 4 is 23.9 Å². The number of benzene rings is 2. The summed E-state index contributed by atoms with van der Waals surface area (Å²) in [5.74, 6) is 0.642. The van der Waals surface area contributed by atoms with Gasteiger partial charge in [0.15, 0.2) is 0 Å². The van der Waals surface area contributed by atoms with E-state index in [2.05, 4.69) is 78.1 Å². The number of rotatable bonds is 2. The first-order chi connectivity index (χ1) is 11.3. The molecule has 2 heterocycles. The van der Waals surface area contributed by atoms with Gasteiger partial charge in [-0.2, -0.15) is 0 Å². The van der Waals surface area contributed by atoms with Gasteiger partial charge >= 0.3 is 0 Å². The molecule has 116 valence electrons. The van der Waals surface area contributed by atoms with Gasteiger partial charge in [-0.25, -0.2) is 0 Å². The van der Waals surface area contributed by atoms with Crippen LogP contribution < -0.4 is 15.8 Å². The van der Waals surface area contributed by atoms with Crippen LogP contribution in [0.25, 0.3) is 23.9 Å². The maximum atomic E-state index is 3.50. The Morgan fingerprint density at radius 2 is 1.87 bits per heavy atom. The van der Waals surface area contributed by atoms with Crippen LogP contribution in [-0.2, 0) is 0 Å². The van der Waals surface area contributed by atoms with Crippen LogP contribution in [0.2, 0.25) is 0 Å². The summed E-state index contributed by atoms with van der Waals surface area (Å²) in [6, 6.07) is 17.3. The number of nitrogens with zero attached hydrogens (tertiary/aromatic N) is 1. The summed E-state index contributed by atoms with van der Waals surface area (Å²) in [5, 5.41) is 6.23. The van der Waals surface area contributed by atoms with Gasteiger partial charge in [0.2, 0.25) is 0 Å². The van der Waals surface area contributed by atoms with E-state index >= 15 is 0 Å². The molecule has 1 unspecified atom stereocenters. The molecule has 1 atom stereocenters. The van der Waals surface area contributed by atoms with Crippen molar-refractivity contribution in [3.63, 3.8) is 0 Å². The van der Waals surface area contributed by atoms with E-state index in [-0.39, 0.29) is 0 Å². The molecule has 2 aliphatic heterocycles. The molecule has 0 bridgehead atoms. The molecule has 4 rings (SSSR count). The van der Waals surface area contributed by atoms with Gasteiger partial charge in [-0.15, -0.1) is 0 Å². The largest absolute Gasteiger partial charge is 0.390 e. The summed E-state index contributed by atoms with van der Waals surface area (Å²) in [6.07, 6.45) is 6.54. The quantitative estimate of drug-likeness (QED) is 0.853. The Bertz CT molecular complexity index is 849. The van der Waals surface area contributed by atoms with Crippen molar-refractivity contribution in [2.45, 2.75) is 0 Å². The van der Waals surface area contributed by atoms with Crippen molar-refractivity contribution in [1.82, 2.24) is 10.2 Å². The van der Waals surface area contributed by atoms with Crippen LogP contribution in [0.3, 0.4) is 0 Å². The van der Waals surface area contributed by atoms with Crippen molar-refractivity contribution in [3.8, 4) is 0 Å². The highest BCUT2D eigenvalue weighted by atomic mass is 15.1. The van der Waals surface area contributed by atoms with E-state index in [1.165, 1.54) is 21.6 Å². The van der Waals surface area contributed by atoms with Crippen molar-refractivity contribution in [2.24, 2.45) is 5.92 Å². The molecule has 0 spiro atoms. The molecule has 0 aliphatic carbocycles. The third-order valence-electron chi connectivity index (χ3n) is 4.78. The molecule has 2 aromatic rings. The Balaban J connectivity index is 1.73. The van der Waals surface area contributed by atoms with Crippen LogP contribution in [0.1, 0.15) is 11.1 Å². The maximum Gasteiger partial charge on any atom is 0.0220 e. The Morgan fingerprint density at radius 3 is 2.74 bits per heavy atom. The fourth-order valence-electron chi connectivity index (χ4n) is 3.63. The molecule has 2 aliphatic rings. The lowest BCUT2D eigenvalue weighted by Crippen LogP contribution is -2.28. The second kappa shape index (κ2) is 6.05. The first-order valence-electron chi connectivity index (χ1n) is 8.28. The fraction of sp³-hybridized carbons (Fsp3) is 0.238. The first-order valence-corrected chi connectivity index (χ1v) is 8.28. The lowest BCUT2D eigenvalue weighted by Gasteiger charge is -2.09. The predicted molar refractivity (Wildman–Crippen MR) is 97.9 cm³/mol. The van der Waals surface area contributed by atoms with Gasteiger partial charge in [0, 0.05) is 31.8 Å². The number of fused-ring (bicyclic) bond motifs is 2. The summed E-state index contributed by atoms with van der Waals surface area (Å²) < 4.78 is 0. The van der Waals surface area contributed by atoms with Gasteiger partial charge in [-0.1, -0.05) is 54.6 Å². The molecule has 1 fully saturated rings. The highest BCUT2D eigenvalue weighted by Gasteiger charge is 2.26. The summed E-state index contributed by atoms with van der Waals surface area (Å²) >= 11 is 0. The molecule has 0 amide bonds. The molecule has 0 radical (unpaired) electrons. The SMILES string of the molecule is CN1CC2=c3ccc(C=Cc4ccccc4)cc3=CNCC2C1. The molecule has 0 aromatic heterocycles. The Hall–Kier alpha value is -2.32. The minimum absolute atomic E-state index is 0.642. The number of hydrogen-bond acceptors (Lipinski definition) is 2. The molecule has 2 aromatic carbocycles. The predicted octanol–water partition coefficient (Wildman–Crippen LogP) is 1.91. The lowest BCUT2D eigenvalue weighted by atomic mass is 9.99. The molecule has 1 saturated heterocycles. The third-order valence-corrected chi connectivity index (χ3v) is 4.78. The Morgan fingerprint density at radius 1 is 1.04 bits per heavy atom. The van der Waals surface area contributed by atoms with Crippen molar-refractivity contribution in [2.75, 3.05) is 26.7 Å². The van der Waals surface area contributed by atoms with Crippen LogP contribution in [-0.4, -0.2) is 31.6 Å². The van der Waals surface area contributed by atoms with E-state index < -0.39 is 0 Å². The van der Waals surface area contributed by atoms with Gasteiger partial charge in [0.05, 0.1) is 0 Å². The normalized spacial score (nSPS) is 20.6. The minimum Gasteiger partial charge on any atom is -0.390 e. The van der Waals surface area contributed by atoms with E-state index in [0.717, 1.165) is 19.6 Å². The minimum atomic E-state index is 0.642. The number of likely N-dealkylation sites (tertiary alicyclic amines) is 1. The molecule has 23 heavy (non-hydrogen) atoms. The fourth-order valence-corrected chi connectivity index (χ4v) is 3.63. The van der Waals surface area contributed by atoms with Crippen molar-refractivity contribution in [3.05, 3.63) is 70.1 Å². The maximum absolute atomic E-state index is 3.50. The van der Waals surface area contributed by atoms with Gasteiger partial charge < -0.3 is 10.2 Å². The summed E-state index contributed by atoms with van der Waals surface area (Å²) in [4.78, 5) is 2.42. The highest BCUT2D eigenvalue weighted by Crippen LogP contribution is 2.21. The third kappa shape index (κ3) is 2.95. The second-order valence-corrected chi connectivity index (χ2v) is 6.56. The van der Waals surface area contributed by atoms with Crippen molar-refractivity contribution < 1.29 is 0 Å². The zero-order valence-electron chi connectivity index (χ0n) is 13.5. The van der Waals surface area contributed by atoms with Crippen LogP contribution in [0.15, 0.2) is 48.5 Å². The topological polar surface area (TPSA) is 15.3 Å². The van der Waals surface area contributed by atoms with Gasteiger partial charge in [-0.05, 0) is 40.3 Å². The number of nitrogens with one attached hydrogen (secondary N) is 1. The summed E-state index contributed by atoms with van der Waals surface area (Å²) in [7, 11) is 2.21. The Labute approximate surface area is 137 Å². The van der Waals surface area contributed by atoms with Gasteiger partial charge in [-0.3, -0.25) is 0 Å². The van der Waals surface area contributed by atoms with E-state index in [1.807, 2.05) is 6.07 Å². The smallest absolute Gasteiger partial charge is 0.0220 e. The zero-order chi connectivity index (χ0) is 15.6. The molecular weight excluding hydrogens is 280 g/mol. The monoisotopic (exact) mass is 302 g/mol. The van der Waals surface area contributed by atoms with Gasteiger partial charge in [0.1, 0.15) is 0 Å². The van der Waals surface area contributed by atoms with Crippen LogP contribution in [0.5, 0.6) is 0 Å². The zero-order valence-corrected chi connectivity index (χ0v) is 13.5. The second-order valence-electron chi connectivity index (χ2n) is 6.56. The highest BCUT2D eigenvalue weighted by molar-refractivity contribution is 5.70. The van der Waals surface area contributed by atoms with E-state index in [1.54, 1.807) is 5.57 Å². The van der Waals surface area contributed by atoms with E-state index in [4.69, 9.17) is 0 Å². The molecule has 1 N–H and O–H groups in total. The molecule has 2 nitrogen and oxygen atoms in total. The van der Waals surface area contributed by atoms with Crippen molar-refractivity contribution in [1.29, 1.82) is 0 Å².